The quantitative estimate of drug-likeness (QED) is 0.0222. The van der Waals surface area contributed by atoms with Gasteiger partial charge in [-0.1, -0.05) is 298 Å². The van der Waals surface area contributed by atoms with Gasteiger partial charge in [-0.15, -0.1) is 0 Å². The molecular weight excluding hydrogens is 1160 g/mol. The zero-order chi connectivity index (χ0) is 65.0. The average Bonchev–Trinajstić information content (AvgIpc) is 3.70. The number of aliphatic hydroxyl groups is 1. The monoisotopic (exact) mass is 1300 g/mol. The predicted molar refractivity (Wildman–Crippen MR) is 354 cm³/mol. The minimum absolute atomic E-state index is 0.102. The third kappa shape index (κ3) is 62.8. The van der Waals surface area contributed by atoms with E-state index >= 15 is 0 Å². The Morgan fingerprint density at radius 2 is 0.523 bits per heavy atom. The lowest BCUT2D eigenvalue weighted by molar-refractivity contribution is -0.161. The lowest BCUT2D eigenvalue weighted by atomic mass is 10.0. The van der Waals surface area contributed by atoms with E-state index in [0.29, 0.717) is 37.5 Å². The van der Waals surface area contributed by atoms with E-state index in [2.05, 4.69) is 41.5 Å². The van der Waals surface area contributed by atoms with Crippen molar-refractivity contribution in [3.63, 3.8) is 0 Å². The first-order valence-electron chi connectivity index (χ1n) is 36.0. The fraction of sp³-hybridized carbons (Fsp3) is 0.942. The maximum absolute atomic E-state index is 13.0. The van der Waals surface area contributed by atoms with Crippen molar-refractivity contribution >= 4 is 39.5 Å². The molecular formula is C69H134O17P2. The van der Waals surface area contributed by atoms with Crippen LogP contribution in [-0.2, 0) is 65.4 Å². The minimum atomic E-state index is -4.95. The molecule has 88 heavy (non-hydrogen) atoms. The molecule has 0 aliphatic carbocycles. The Hall–Kier alpha value is -1.94. The van der Waals surface area contributed by atoms with Crippen LogP contribution >= 0.6 is 15.6 Å². The van der Waals surface area contributed by atoms with E-state index in [9.17, 15) is 43.2 Å². The first-order valence-corrected chi connectivity index (χ1v) is 39.0. The van der Waals surface area contributed by atoms with Crippen LogP contribution < -0.4 is 0 Å². The molecule has 0 fully saturated rings. The van der Waals surface area contributed by atoms with Crippen LogP contribution in [0.4, 0.5) is 0 Å². The number of unbranched alkanes of at least 4 members (excludes halogenated alkanes) is 38. The lowest BCUT2D eigenvalue weighted by Crippen LogP contribution is -2.30. The van der Waals surface area contributed by atoms with Crippen molar-refractivity contribution in [1.82, 2.24) is 0 Å². The van der Waals surface area contributed by atoms with Crippen molar-refractivity contribution in [2.75, 3.05) is 39.6 Å². The van der Waals surface area contributed by atoms with Gasteiger partial charge in [0.25, 0.3) is 0 Å². The average molecular weight is 1300 g/mol. The first-order chi connectivity index (χ1) is 42.4. The van der Waals surface area contributed by atoms with Gasteiger partial charge < -0.3 is 33.8 Å². The van der Waals surface area contributed by atoms with Crippen LogP contribution in [0.5, 0.6) is 0 Å². The number of ether oxygens (including phenoxy) is 4. The predicted octanol–water partition coefficient (Wildman–Crippen LogP) is 19.6. The minimum Gasteiger partial charge on any atom is -0.462 e. The highest BCUT2D eigenvalue weighted by atomic mass is 31.2. The number of phosphoric acid groups is 2. The van der Waals surface area contributed by atoms with Crippen molar-refractivity contribution in [2.45, 2.75) is 368 Å². The maximum Gasteiger partial charge on any atom is 0.472 e. The second-order valence-electron chi connectivity index (χ2n) is 25.9. The summed E-state index contributed by atoms with van der Waals surface area (Å²) in [5, 5.41) is 10.6. The number of phosphoric ester groups is 2. The van der Waals surface area contributed by atoms with Gasteiger partial charge in [0.2, 0.25) is 0 Å². The zero-order valence-corrected chi connectivity index (χ0v) is 58.8. The van der Waals surface area contributed by atoms with Gasteiger partial charge in [-0.2, -0.15) is 0 Å². The van der Waals surface area contributed by atoms with Crippen molar-refractivity contribution in [1.29, 1.82) is 0 Å². The summed E-state index contributed by atoms with van der Waals surface area (Å²) < 4.78 is 68.2. The summed E-state index contributed by atoms with van der Waals surface area (Å²) in [4.78, 5) is 72.4. The van der Waals surface area contributed by atoms with Crippen LogP contribution in [-0.4, -0.2) is 96.7 Å². The molecule has 3 N–H and O–H groups in total. The molecule has 19 heteroatoms. The number of hydrogen-bond acceptors (Lipinski definition) is 15. The molecule has 0 aliphatic rings. The van der Waals surface area contributed by atoms with Gasteiger partial charge in [-0.3, -0.25) is 37.3 Å². The Morgan fingerprint density at radius 1 is 0.307 bits per heavy atom. The van der Waals surface area contributed by atoms with E-state index in [4.69, 9.17) is 37.0 Å². The van der Waals surface area contributed by atoms with Gasteiger partial charge in [-0.25, -0.2) is 9.13 Å². The molecule has 17 nitrogen and oxygen atoms in total. The highest BCUT2D eigenvalue weighted by Gasteiger charge is 2.30. The molecule has 0 bridgehead atoms. The van der Waals surface area contributed by atoms with Gasteiger partial charge in [0, 0.05) is 25.7 Å². The van der Waals surface area contributed by atoms with E-state index in [0.717, 1.165) is 96.3 Å². The Bertz CT molecular complexity index is 1720. The standard InChI is InChI=1S/C69H134O17P2/c1-7-9-11-13-15-17-19-20-21-22-23-24-25-27-29-33-41-47-53-68(73)85-64(57-79-66(71)51-45-39-32-28-26-18-16-14-12-10-8-2)59-83-87(75,76)81-55-63(70)56-82-88(77,78)84-60-65(58-80-67(72)52-46-40-36-35-38-44-50-62(5)6)86-69(74)54-48-42-34-30-31-37-43-49-61(3)4/h61-65,70H,7-60H2,1-6H3,(H,75,76)(H,77,78)/t63-,64-,65-/m1/s1. The van der Waals surface area contributed by atoms with Crippen LogP contribution in [0, 0.1) is 11.8 Å². The third-order valence-corrected chi connectivity index (χ3v) is 17.9. The zero-order valence-electron chi connectivity index (χ0n) is 57.0. The molecule has 522 valence electrons. The number of carbonyl (C=O) groups is 4. The molecule has 0 amide bonds. The van der Waals surface area contributed by atoms with Gasteiger partial charge in [-0.05, 0) is 37.5 Å². The largest absolute Gasteiger partial charge is 0.472 e. The summed E-state index contributed by atoms with van der Waals surface area (Å²) in [5.41, 5.74) is 0. The van der Waals surface area contributed by atoms with E-state index in [1.807, 2.05) is 0 Å². The molecule has 0 rings (SSSR count). The summed E-state index contributed by atoms with van der Waals surface area (Å²) in [7, 11) is -9.89. The SMILES string of the molecule is CCCCCCCCCCCCCCCCCCCCC(=O)O[C@H](COC(=O)CCCCCCCCCCCCC)COP(=O)(O)OC[C@@H](O)COP(=O)(O)OC[C@@H](COC(=O)CCCCCCCCC(C)C)OC(=O)CCCCCCCCCC(C)C. The van der Waals surface area contributed by atoms with Crippen LogP contribution in [0.2, 0.25) is 0 Å². The second kappa shape index (κ2) is 61.3. The molecule has 0 radical (unpaired) electrons. The molecule has 0 heterocycles. The van der Waals surface area contributed by atoms with Crippen molar-refractivity contribution < 1.29 is 80.2 Å². The summed E-state index contributed by atoms with van der Waals surface area (Å²) in [5.74, 6) is -0.755. The number of carbonyl (C=O) groups excluding carboxylic acids is 4. The fourth-order valence-electron chi connectivity index (χ4n) is 10.4. The first kappa shape index (κ1) is 86.1. The van der Waals surface area contributed by atoms with Crippen LogP contribution in [0.1, 0.15) is 350 Å². The fourth-order valence-corrected chi connectivity index (χ4v) is 12.0. The number of aliphatic hydroxyl groups excluding tert-OH is 1. The van der Waals surface area contributed by atoms with Crippen molar-refractivity contribution in [3.8, 4) is 0 Å². The van der Waals surface area contributed by atoms with Crippen LogP contribution in [0.15, 0.2) is 0 Å². The highest BCUT2D eigenvalue weighted by molar-refractivity contribution is 7.47. The lowest BCUT2D eigenvalue weighted by Gasteiger charge is -2.21. The third-order valence-electron chi connectivity index (χ3n) is 16.0. The Morgan fingerprint density at radius 3 is 0.773 bits per heavy atom. The highest BCUT2D eigenvalue weighted by Crippen LogP contribution is 2.45. The molecule has 0 saturated heterocycles. The van der Waals surface area contributed by atoms with Gasteiger partial charge in [0.15, 0.2) is 12.2 Å². The molecule has 0 aliphatic heterocycles. The van der Waals surface area contributed by atoms with E-state index < -0.39 is 97.5 Å². The molecule has 2 unspecified atom stereocenters. The molecule has 5 atom stereocenters. The van der Waals surface area contributed by atoms with Crippen molar-refractivity contribution in [2.24, 2.45) is 11.8 Å². The van der Waals surface area contributed by atoms with Gasteiger partial charge >= 0.3 is 39.5 Å². The van der Waals surface area contributed by atoms with Gasteiger partial charge in [0.1, 0.15) is 19.3 Å². The van der Waals surface area contributed by atoms with Crippen LogP contribution in [0.3, 0.4) is 0 Å². The number of rotatable bonds is 68. The Labute approximate surface area is 537 Å². The molecule has 0 saturated carbocycles. The van der Waals surface area contributed by atoms with Gasteiger partial charge in [0.05, 0.1) is 26.4 Å². The normalized spacial score (nSPS) is 14.2. The topological polar surface area (TPSA) is 237 Å². The molecule has 0 spiro atoms. The van der Waals surface area contributed by atoms with E-state index in [1.165, 1.54) is 161 Å². The molecule has 0 aromatic rings. The Kier molecular flexibility index (Phi) is 59.9. The van der Waals surface area contributed by atoms with Crippen molar-refractivity contribution in [3.05, 3.63) is 0 Å². The number of hydrogen-bond donors (Lipinski definition) is 3. The van der Waals surface area contributed by atoms with Crippen LogP contribution in [0.25, 0.3) is 0 Å². The van der Waals surface area contributed by atoms with E-state index in [-0.39, 0.29) is 25.7 Å². The summed E-state index contributed by atoms with van der Waals surface area (Å²) >= 11 is 0. The maximum atomic E-state index is 13.0. The van der Waals surface area contributed by atoms with E-state index in [1.54, 1.807) is 0 Å². The summed E-state index contributed by atoms with van der Waals surface area (Å²) in [6, 6.07) is 0. The second-order valence-corrected chi connectivity index (χ2v) is 28.8. The smallest absolute Gasteiger partial charge is 0.462 e. The molecule has 0 aromatic carbocycles. The number of esters is 4. The summed E-state index contributed by atoms with van der Waals surface area (Å²) in [6.07, 6.45) is 46.1. The summed E-state index contributed by atoms with van der Waals surface area (Å²) in [6.45, 7) is 9.39. The Balaban J connectivity index is 5.20. The molecule has 0 aromatic heterocycles.